The number of hydrazone groups is 1. The molecule has 1 aliphatic heterocycles. The van der Waals surface area contributed by atoms with Crippen molar-refractivity contribution in [1.29, 1.82) is 0 Å². The molecule has 3 amide bonds. The molecule has 9 heteroatoms. The number of nitrogens with one attached hydrogen (secondary N) is 1. The van der Waals surface area contributed by atoms with Gasteiger partial charge in [-0.15, -0.1) is 0 Å². The predicted octanol–water partition coefficient (Wildman–Crippen LogP) is 3.71. The molecular weight excluding hydrogens is 430 g/mol. The van der Waals surface area contributed by atoms with Crippen molar-refractivity contribution in [3.63, 3.8) is 0 Å². The topological polar surface area (TPSA) is 74.2 Å². The van der Waals surface area contributed by atoms with E-state index in [0.717, 1.165) is 5.01 Å². The van der Waals surface area contributed by atoms with E-state index in [4.69, 9.17) is 4.74 Å². The monoisotopic (exact) mass is 458 g/mol. The standard InChI is InChI=1S/C24H28F2N4O3/c1-16(2)27-24(32)29(12-13-33-3)15-23(31)30-22(18-9-5-7-11-20(18)26)14-21(28-30)17-8-4-6-10-19(17)25/h4-11,16,22H,12-15H2,1-3H3,(H,27,32)/t22-/m1/s1. The largest absolute Gasteiger partial charge is 0.383 e. The van der Waals surface area contributed by atoms with E-state index in [1.54, 1.807) is 36.4 Å². The summed E-state index contributed by atoms with van der Waals surface area (Å²) in [5.74, 6) is -1.47. The molecule has 3 rings (SSSR count). The van der Waals surface area contributed by atoms with Crippen LogP contribution in [0.1, 0.15) is 37.4 Å². The molecule has 0 bridgehead atoms. The lowest BCUT2D eigenvalue weighted by molar-refractivity contribution is -0.133. The van der Waals surface area contributed by atoms with E-state index < -0.39 is 29.6 Å². The van der Waals surface area contributed by atoms with Crippen LogP contribution in [0.3, 0.4) is 0 Å². The van der Waals surface area contributed by atoms with Crippen LogP contribution < -0.4 is 5.32 Å². The Hall–Kier alpha value is -3.33. The first-order valence-electron chi connectivity index (χ1n) is 10.7. The van der Waals surface area contributed by atoms with Crippen LogP contribution >= 0.6 is 0 Å². The van der Waals surface area contributed by atoms with Crippen LogP contribution in [0.25, 0.3) is 0 Å². The summed E-state index contributed by atoms with van der Waals surface area (Å²) in [5.41, 5.74) is 0.865. The summed E-state index contributed by atoms with van der Waals surface area (Å²) in [6.07, 6.45) is 0.143. The molecule has 0 aliphatic carbocycles. The lowest BCUT2D eigenvalue weighted by atomic mass is 9.97. The lowest BCUT2D eigenvalue weighted by Crippen LogP contribution is -2.48. The molecule has 2 aromatic rings. The van der Waals surface area contributed by atoms with Gasteiger partial charge in [0.25, 0.3) is 5.91 Å². The summed E-state index contributed by atoms with van der Waals surface area (Å²) in [5, 5.41) is 8.29. The third-order valence-corrected chi connectivity index (χ3v) is 5.21. The molecule has 0 unspecified atom stereocenters. The minimum Gasteiger partial charge on any atom is -0.383 e. The molecule has 0 aromatic heterocycles. The first-order valence-corrected chi connectivity index (χ1v) is 10.7. The van der Waals surface area contributed by atoms with Gasteiger partial charge in [0.2, 0.25) is 0 Å². The van der Waals surface area contributed by atoms with E-state index in [9.17, 15) is 18.4 Å². The van der Waals surface area contributed by atoms with Gasteiger partial charge >= 0.3 is 6.03 Å². The van der Waals surface area contributed by atoms with E-state index in [2.05, 4.69) is 10.4 Å². The first kappa shape index (κ1) is 24.3. The van der Waals surface area contributed by atoms with Gasteiger partial charge in [-0.05, 0) is 26.0 Å². The van der Waals surface area contributed by atoms with Crippen molar-refractivity contribution in [3.8, 4) is 0 Å². The molecule has 1 N–H and O–H groups in total. The van der Waals surface area contributed by atoms with Gasteiger partial charge in [0.1, 0.15) is 18.2 Å². The molecule has 1 heterocycles. The van der Waals surface area contributed by atoms with Crippen molar-refractivity contribution >= 4 is 17.6 Å². The summed E-state index contributed by atoms with van der Waals surface area (Å²) >= 11 is 0. The molecule has 1 aliphatic rings. The van der Waals surface area contributed by atoms with E-state index >= 15 is 0 Å². The highest BCUT2D eigenvalue weighted by Crippen LogP contribution is 2.34. The Balaban J connectivity index is 1.92. The number of carbonyl (C=O) groups excluding carboxylic acids is 2. The number of rotatable bonds is 8. The zero-order chi connectivity index (χ0) is 24.0. The number of methoxy groups -OCH3 is 1. The molecular formula is C24H28F2N4O3. The smallest absolute Gasteiger partial charge is 0.318 e. The van der Waals surface area contributed by atoms with Crippen molar-refractivity contribution < 1.29 is 23.1 Å². The number of carbonyl (C=O) groups is 2. The average Bonchev–Trinajstić information content (AvgIpc) is 3.21. The van der Waals surface area contributed by atoms with Crippen LogP contribution in [0.15, 0.2) is 53.6 Å². The maximum Gasteiger partial charge on any atom is 0.318 e. The molecule has 2 aromatic carbocycles. The quantitative estimate of drug-likeness (QED) is 0.656. The van der Waals surface area contributed by atoms with Crippen LogP contribution in [-0.4, -0.2) is 60.4 Å². The molecule has 7 nitrogen and oxygen atoms in total. The van der Waals surface area contributed by atoms with Crippen molar-refractivity contribution in [2.75, 3.05) is 26.8 Å². The van der Waals surface area contributed by atoms with Gasteiger partial charge in [0.05, 0.1) is 18.4 Å². The Morgan fingerprint density at radius 1 is 1.15 bits per heavy atom. The third-order valence-electron chi connectivity index (χ3n) is 5.21. The van der Waals surface area contributed by atoms with Crippen LogP contribution in [0.2, 0.25) is 0 Å². The highest BCUT2D eigenvalue weighted by molar-refractivity contribution is 6.03. The first-order chi connectivity index (χ1) is 15.8. The van der Waals surface area contributed by atoms with Gasteiger partial charge < -0.3 is 15.0 Å². The fraction of sp³-hybridized carbons (Fsp3) is 0.375. The number of benzene rings is 2. The average molecular weight is 459 g/mol. The number of halogens is 2. The second kappa shape index (κ2) is 11.0. The van der Waals surface area contributed by atoms with E-state index in [0.29, 0.717) is 5.71 Å². The van der Waals surface area contributed by atoms with Gasteiger partial charge in [0.15, 0.2) is 0 Å². The van der Waals surface area contributed by atoms with Crippen molar-refractivity contribution in [2.45, 2.75) is 32.4 Å². The highest BCUT2D eigenvalue weighted by Gasteiger charge is 2.36. The third kappa shape index (κ3) is 5.92. The Bertz CT molecular complexity index is 1030. The molecule has 0 fully saturated rings. The van der Waals surface area contributed by atoms with Crippen LogP contribution in [0.4, 0.5) is 13.6 Å². The van der Waals surface area contributed by atoms with Gasteiger partial charge in [-0.3, -0.25) is 4.79 Å². The second-order valence-electron chi connectivity index (χ2n) is 8.02. The van der Waals surface area contributed by atoms with Gasteiger partial charge in [-0.2, -0.15) is 5.10 Å². The molecule has 176 valence electrons. The number of amides is 3. The SMILES string of the molecule is COCCN(CC(=O)N1N=C(c2ccccc2F)C[C@@H]1c1ccccc1F)C(=O)NC(C)C. The van der Waals surface area contributed by atoms with E-state index in [-0.39, 0.29) is 43.3 Å². The fourth-order valence-electron chi connectivity index (χ4n) is 3.61. The fourth-order valence-corrected chi connectivity index (χ4v) is 3.61. The van der Waals surface area contributed by atoms with Crippen LogP contribution in [0, 0.1) is 11.6 Å². The Labute approximate surface area is 192 Å². The van der Waals surface area contributed by atoms with E-state index in [1.807, 2.05) is 13.8 Å². The Morgan fingerprint density at radius 2 is 1.82 bits per heavy atom. The number of hydrogen-bond donors (Lipinski definition) is 1. The summed E-state index contributed by atoms with van der Waals surface area (Å²) in [7, 11) is 1.50. The zero-order valence-electron chi connectivity index (χ0n) is 18.9. The Morgan fingerprint density at radius 3 is 2.45 bits per heavy atom. The molecule has 33 heavy (non-hydrogen) atoms. The van der Waals surface area contributed by atoms with Crippen molar-refractivity contribution in [1.82, 2.24) is 15.2 Å². The highest BCUT2D eigenvalue weighted by atomic mass is 19.1. The number of urea groups is 1. The summed E-state index contributed by atoms with van der Waals surface area (Å²) in [6, 6.07) is 10.9. The lowest BCUT2D eigenvalue weighted by Gasteiger charge is -2.27. The molecule has 0 radical (unpaired) electrons. The van der Waals surface area contributed by atoms with Crippen molar-refractivity contribution in [3.05, 3.63) is 71.3 Å². The maximum atomic E-state index is 14.6. The molecule has 0 saturated carbocycles. The molecule has 1 atom stereocenters. The predicted molar refractivity (Wildman–Crippen MR) is 121 cm³/mol. The van der Waals surface area contributed by atoms with Crippen molar-refractivity contribution in [2.24, 2.45) is 5.10 Å². The molecule has 0 saturated heterocycles. The van der Waals surface area contributed by atoms with Gasteiger partial charge in [-0.25, -0.2) is 18.6 Å². The summed E-state index contributed by atoms with van der Waals surface area (Å²) in [4.78, 5) is 27.2. The van der Waals surface area contributed by atoms with Gasteiger partial charge in [0, 0.05) is 37.2 Å². The minimum atomic E-state index is -0.759. The van der Waals surface area contributed by atoms with Gasteiger partial charge in [-0.1, -0.05) is 36.4 Å². The zero-order valence-corrected chi connectivity index (χ0v) is 18.9. The number of hydrogen-bond acceptors (Lipinski definition) is 4. The second-order valence-corrected chi connectivity index (χ2v) is 8.02. The summed E-state index contributed by atoms with van der Waals surface area (Å²) in [6.45, 7) is 3.75. The maximum absolute atomic E-state index is 14.6. The normalized spacial score (nSPS) is 15.5. The summed E-state index contributed by atoms with van der Waals surface area (Å²) < 4.78 is 34.1. The minimum absolute atomic E-state index is 0.124. The van der Waals surface area contributed by atoms with Crippen LogP contribution in [-0.2, 0) is 9.53 Å². The Kier molecular flexibility index (Phi) is 8.11. The van der Waals surface area contributed by atoms with Crippen LogP contribution in [0.5, 0.6) is 0 Å². The number of nitrogens with zero attached hydrogens (tertiary/aromatic N) is 3. The molecule has 0 spiro atoms. The van der Waals surface area contributed by atoms with E-state index in [1.165, 1.54) is 24.1 Å². The number of ether oxygens (including phenoxy) is 1.